The monoisotopic (exact) mass is 360 g/mol. The quantitative estimate of drug-likeness (QED) is 0.836. The fourth-order valence-corrected chi connectivity index (χ4v) is 4.48. The number of pyridine rings is 1. The van der Waals surface area contributed by atoms with Gasteiger partial charge in [-0.1, -0.05) is 12.1 Å². The van der Waals surface area contributed by atoms with E-state index in [1.807, 2.05) is 11.0 Å². The maximum atomic E-state index is 13.8. The molecule has 8 heteroatoms. The Bertz CT molecular complexity index is 932. The van der Waals surface area contributed by atoms with E-state index in [0.717, 1.165) is 0 Å². The number of sulfonamides is 1. The highest BCUT2D eigenvalue weighted by molar-refractivity contribution is 7.89. The number of halogens is 1. The van der Waals surface area contributed by atoms with Gasteiger partial charge in [-0.05, 0) is 30.7 Å². The molecule has 1 aromatic carbocycles. The smallest absolute Gasteiger partial charge is 0.260 e. The normalized spacial score (nSPS) is 15.8. The minimum absolute atomic E-state index is 0.0145. The number of aromatic nitrogens is 1. The number of nitriles is 1. The van der Waals surface area contributed by atoms with Gasteiger partial charge in [0.15, 0.2) is 5.03 Å². The zero-order valence-corrected chi connectivity index (χ0v) is 14.5. The van der Waals surface area contributed by atoms with Gasteiger partial charge in [0, 0.05) is 32.4 Å². The van der Waals surface area contributed by atoms with Gasteiger partial charge in [-0.3, -0.25) is 0 Å². The van der Waals surface area contributed by atoms with Gasteiger partial charge < -0.3 is 4.90 Å². The molecule has 0 amide bonds. The minimum Gasteiger partial charge on any atom is -0.368 e. The first-order chi connectivity index (χ1) is 11.9. The Morgan fingerprint density at radius 3 is 2.52 bits per heavy atom. The standard InChI is InChI=1S/C17H17FN4O2S/c1-13-4-3-7-20-17(13)25(23,24)22-10-8-21(9-11-22)16-6-2-5-15(18)14(16)12-19/h2-7H,8-11H2,1H3. The van der Waals surface area contributed by atoms with Crippen molar-refractivity contribution in [1.82, 2.24) is 9.29 Å². The van der Waals surface area contributed by atoms with Crippen molar-refractivity contribution in [2.45, 2.75) is 11.9 Å². The Morgan fingerprint density at radius 1 is 1.16 bits per heavy atom. The summed E-state index contributed by atoms with van der Waals surface area (Å²) in [5.41, 5.74) is 1.08. The van der Waals surface area contributed by atoms with E-state index in [1.54, 1.807) is 31.2 Å². The van der Waals surface area contributed by atoms with Crippen LogP contribution in [-0.4, -0.2) is 43.9 Å². The largest absolute Gasteiger partial charge is 0.368 e. The van der Waals surface area contributed by atoms with Crippen molar-refractivity contribution >= 4 is 15.7 Å². The number of nitrogens with zero attached hydrogens (tertiary/aromatic N) is 4. The number of piperazine rings is 1. The molecule has 1 saturated heterocycles. The van der Waals surface area contributed by atoms with Crippen LogP contribution in [0.2, 0.25) is 0 Å². The highest BCUT2D eigenvalue weighted by Gasteiger charge is 2.31. The summed E-state index contributed by atoms with van der Waals surface area (Å²) >= 11 is 0. The van der Waals surface area contributed by atoms with E-state index < -0.39 is 15.8 Å². The van der Waals surface area contributed by atoms with Crippen molar-refractivity contribution in [3.8, 4) is 6.07 Å². The van der Waals surface area contributed by atoms with Crippen molar-refractivity contribution in [2.24, 2.45) is 0 Å². The summed E-state index contributed by atoms with van der Waals surface area (Å²) in [5.74, 6) is -0.570. The first-order valence-corrected chi connectivity index (χ1v) is 9.24. The third kappa shape index (κ3) is 3.21. The molecule has 0 radical (unpaired) electrons. The Balaban J connectivity index is 1.80. The molecule has 0 unspecified atom stereocenters. The zero-order valence-electron chi connectivity index (χ0n) is 13.7. The molecule has 2 aromatic rings. The fraction of sp³-hybridized carbons (Fsp3) is 0.294. The molecule has 1 fully saturated rings. The van der Waals surface area contributed by atoms with Gasteiger partial charge in [-0.25, -0.2) is 17.8 Å². The third-order valence-corrected chi connectivity index (χ3v) is 6.19. The molecule has 0 saturated carbocycles. The molecule has 0 atom stereocenters. The first kappa shape index (κ1) is 17.3. The second-order valence-electron chi connectivity index (χ2n) is 5.76. The van der Waals surface area contributed by atoms with E-state index in [-0.39, 0.29) is 23.7 Å². The van der Waals surface area contributed by atoms with Crippen LogP contribution in [0.4, 0.5) is 10.1 Å². The third-order valence-electron chi connectivity index (χ3n) is 4.23. The molecule has 3 rings (SSSR count). The van der Waals surface area contributed by atoms with Crippen LogP contribution >= 0.6 is 0 Å². The number of hydrogen-bond donors (Lipinski definition) is 0. The summed E-state index contributed by atoms with van der Waals surface area (Å²) in [4.78, 5) is 5.84. The van der Waals surface area contributed by atoms with Crippen LogP contribution in [0.3, 0.4) is 0 Å². The van der Waals surface area contributed by atoms with Crippen molar-refractivity contribution in [3.05, 3.63) is 53.5 Å². The van der Waals surface area contributed by atoms with Gasteiger partial charge in [-0.15, -0.1) is 0 Å². The highest BCUT2D eigenvalue weighted by atomic mass is 32.2. The Labute approximate surface area is 146 Å². The first-order valence-electron chi connectivity index (χ1n) is 7.80. The van der Waals surface area contributed by atoms with Gasteiger partial charge >= 0.3 is 0 Å². The lowest BCUT2D eigenvalue weighted by atomic mass is 10.1. The molecular formula is C17H17FN4O2S. The van der Waals surface area contributed by atoms with E-state index in [9.17, 15) is 12.8 Å². The van der Waals surface area contributed by atoms with Gasteiger partial charge in [0.25, 0.3) is 10.0 Å². The van der Waals surface area contributed by atoms with Crippen LogP contribution in [0, 0.1) is 24.1 Å². The maximum absolute atomic E-state index is 13.8. The molecule has 0 N–H and O–H groups in total. The van der Waals surface area contributed by atoms with Crippen LogP contribution in [0.15, 0.2) is 41.6 Å². The van der Waals surface area contributed by atoms with E-state index in [4.69, 9.17) is 5.26 Å². The van der Waals surface area contributed by atoms with Crippen molar-refractivity contribution in [2.75, 3.05) is 31.1 Å². The van der Waals surface area contributed by atoms with Crippen molar-refractivity contribution in [3.63, 3.8) is 0 Å². The van der Waals surface area contributed by atoms with E-state index >= 15 is 0 Å². The molecule has 1 aliphatic heterocycles. The SMILES string of the molecule is Cc1cccnc1S(=O)(=O)N1CCN(c2cccc(F)c2C#N)CC1. The van der Waals surface area contributed by atoms with Crippen LogP contribution in [0.25, 0.3) is 0 Å². The number of anilines is 1. The topological polar surface area (TPSA) is 77.3 Å². The summed E-state index contributed by atoms with van der Waals surface area (Å²) in [6, 6.07) is 9.75. The summed E-state index contributed by atoms with van der Waals surface area (Å²) < 4.78 is 40.7. The average molecular weight is 360 g/mol. The Hall–Kier alpha value is -2.50. The van der Waals surface area contributed by atoms with Crippen molar-refractivity contribution in [1.29, 1.82) is 5.26 Å². The van der Waals surface area contributed by atoms with Crippen LogP contribution in [0.1, 0.15) is 11.1 Å². The van der Waals surface area contributed by atoms with E-state index in [1.165, 1.54) is 16.6 Å². The number of benzene rings is 1. The second kappa shape index (κ2) is 6.78. The van der Waals surface area contributed by atoms with Crippen LogP contribution in [-0.2, 0) is 10.0 Å². The predicted octanol–water partition coefficient (Wildman–Crippen LogP) is 1.91. The van der Waals surface area contributed by atoms with E-state index in [2.05, 4.69) is 4.98 Å². The minimum atomic E-state index is -3.67. The van der Waals surface area contributed by atoms with Crippen LogP contribution < -0.4 is 4.90 Å². The second-order valence-corrected chi connectivity index (χ2v) is 7.62. The molecule has 6 nitrogen and oxygen atoms in total. The molecular weight excluding hydrogens is 343 g/mol. The Morgan fingerprint density at radius 2 is 1.88 bits per heavy atom. The van der Waals surface area contributed by atoms with Gasteiger partial charge in [-0.2, -0.15) is 9.57 Å². The van der Waals surface area contributed by atoms with Gasteiger partial charge in [0.05, 0.1) is 5.69 Å². The lowest BCUT2D eigenvalue weighted by Crippen LogP contribution is -2.49. The molecule has 1 aromatic heterocycles. The number of rotatable bonds is 3. The average Bonchev–Trinajstić information content (AvgIpc) is 2.62. The lowest BCUT2D eigenvalue weighted by molar-refractivity contribution is 0.383. The summed E-state index contributed by atoms with van der Waals surface area (Å²) in [6.45, 7) is 2.97. The number of hydrogen-bond acceptors (Lipinski definition) is 5. The van der Waals surface area contributed by atoms with Gasteiger partial charge in [0.1, 0.15) is 17.4 Å². The summed E-state index contributed by atoms with van der Waals surface area (Å²) in [6.07, 6.45) is 1.46. The highest BCUT2D eigenvalue weighted by Crippen LogP contribution is 2.25. The Kier molecular flexibility index (Phi) is 4.70. The zero-order chi connectivity index (χ0) is 18.0. The molecule has 0 bridgehead atoms. The molecule has 2 heterocycles. The summed E-state index contributed by atoms with van der Waals surface area (Å²) in [5, 5.41) is 9.22. The molecule has 1 aliphatic rings. The molecule has 0 aliphatic carbocycles. The summed E-state index contributed by atoms with van der Waals surface area (Å²) in [7, 11) is -3.67. The lowest BCUT2D eigenvalue weighted by Gasteiger charge is -2.35. The molecule has 130 valence electrons. The van der Waals surface area contributed by atoms with Crippen LogP contribution in [0.5, 0.6) is 0 Å². The van der Waals surface area contributed by atoms with Gasteiger partial charge in [0.2, 0.25) is 0 Å². The molecule has 0 spiro atoms. The van der Waals surface area contributed by atoms with E-state index in [0.29, 0.717) is 24.3 Å². The molecule has 25 heavy (non-hydrogen) atoms. The maximum Gasteiger partial charge on any atom is 0.260 e. The predicted molar refractivity (Wildman–Crippen MR) is 91.1 cm³/mol. The van der Waals surface area contributed by atoms with Crippen molar-refractivity contribution < 1.29 is 12.8 Å². The number of aryl methyl sites for hydroxylation is 1. The fourth-order valence-electron chi connectivity index (χ4n) is 2.92.